The van der Waals surface area contributed by atoms with Gasteiger partial charge in [0.15, 0.2) is 0 Å². The van der Waals surface area contributed by atoms with Crippen LogP contribution in [0.4, 0.5) is 0 Å². The van der Waals surface area contributed by atoms with E-state index in [4.69, 9.17) is 5.73 Å². The SMILES string of the molecule is CCN(CC)CCC(N)Cc1nc(C)c(C)s1. The van der Waals surface area contributed by atoms with Gasteiger partial charge in [-0.25, -0.2) is 4.98 Å². The normalized spacial score (nSPS) is 13.3. The predicted molar refractivity (Wildman–Crippen MR) is 75.7 cm³/mol. The highest BCUT2D eigenvalue weighted by molar-refractivity contribution is 7.11. The van der Waals surface area contributed by atoms with E-state index in [-0.39, 0.29) is 6.04 Å². The zero-order chi connectivity index (χ0) is 12.8. The molecule has 0 radical (unpaired) electrons. The van der Waals surface area contributed by atoms with Crippen molar-refractivity contribution < 1.29 is 0 Å². The van der Waals surface area contributed by atoms with Crippen LogP contribution in [0.3, 0.4) is 0 Å². The molecule has 0 aliphatic carbocycles. The van der Waals surface area contributed by atoms with E-state index in [1.54, 1.807) is 11.3 Å². The topological polar surface area (TPSA) is 42.1 Å². The maximum atomic E-state index is 6.16. The van der Waals surface area contributed by atoms with Crippen molar-refractivity contribution >= 4 is 11.3 Å². The van der Waals surface area contributed by atoms with E-state index in [1.807, 2.05) is 0 Å². The van der Waals surface area contributed by atoms with E-state index >= 15 is 0 Å². The van der Waals surface area contributed by atoms with Crippen LogP contribution >= 0.6 is 11.3 Å². The van der Waals surface area contributed by atoms with E-state index in [1.165, 1.54) is 9.88 Å². The van der Waals surface area contributed by atoms with Crippen LogP contribution in [0.5, 0.6) is 0 Å². The molecule has 17 heavy (non-hydrogen) atoms. The summed E-state index contributed by atoms with van der Waals surface area (Å²) in [6.07, 6.45) is 1.97. The quantitative estimate of drug-likeness (QED) is 0.813. The smallest absolute Gasteiger partial charge is 0.0946 e. The van der Waals surface area contributed by atoms with Gasteiger partial charge in [0.05, 0.1) is 10.7 Å². The number of hydrogen-bond acceptors (Lipinski definition) is 4. The molecular weight excluding hydrogens is 230 g/mol. The second-order valence-corrected chi connectivity index (χ2v) is 5.82. The lowest BCUT2D eigenvalue weighted by molar-refractivity contribution is 0.290. The van der Waals surface area contributed by atoms with Crippen molar-refractivity contribution in [3.05, 3.63) is 15.6 Å². The van der Waals surface area contributed by atoms with Crippen molar-refractivity contribution in [1.29, 1.82) is 0 Å². The molecule has 98 valence electrons. The van der Waals surface area contributed by atoms with Gasteiger partial charge in [0.25, 0.3) is 0 Å². The Morgan fingerprint density at radius 3 is 2.41 bits per heavy atom. The first kappa shape index (κ1) is 14.6. The molecule has 1 atom stereocenters. The predicted octanol–water partition coefficient (Wildman–Crippen LogP) is 2.36. The van der Waals surface area contributed by atoms with Crippen molar-refractivity contribution in [2.45, 2.75) is 46.6 Å². The number of aryl methyl sites for hydroxylation is 2. The minimum atomic E-state index is 0.237. The maximum absolute atomic E-state index is 6.16. The lowest BCUT2D eigenvalue weighted by atomic mass is 10.1. The molecule has 0 bridgehead atoms. The third kappa shape index (κ3) is 4.74. The molecule has 0 amide bonds. The Morgan fingerprint density at radius 1 is 1.29 bits per heavy atom. The van der Waals surface area contributed by atoms with E-state index in [0.29, 0.717) is 0 Å². The zero-order valence-electron chi connectivity index (χ0n) is 11.5. The van der Waals surface area contributed by atoms with E-state index in [0.717, 1.165) is 38.2 Å². The van der Waals surface area contributed by atoms with E-state index in [2.05, 4.69) is 37.6 Å². The highest BCUT2D eigenvalue weighted by Gasteiger charge is 2.10. The molecule has 0 aliphatic rings. The first-order valence-electron chi connectivity index (χ1n) is 6.47. The van der Waals surface area contributed by atoms with Gasteiger partial charge in [0, 0.05) is 17.3 Å². The fourth-order valence-electron chi connectivity index (χ4n) is 1.84. The van der Waals surface area contributed by atoms with Gasteiger partial charge in [0.1, 0.15) is 0 Å². The van der Waals surface area contributed by atoms with Crippen molar-refractivity contribution in [2.75, 3.05) is 19.6 Å². The number of hydrogen-bond donors (Lipinski definition) is 1. The van der Waals surface area contributed by atoms with Crippen LogP contribution in [0.1, 0.15) is 35.8 Å². The van der Waals surface area contributed by atoms with Crippen molar-refractivity contribution in [3.63, 3.8) is 0 Å². The molecule has 0 fully saturated rings. The Labute approximate surface area is 109 Å². The molecule has 3 nitrogen and oxygen atoms in total. The second kappa shape index (κ2) is 7.09. The zero-order valence-corrected chi connectivity index (χ0v) is 12.3. The highest BCUT2D eigenvalue weighted by atomic mass is 32.1. The summed E-state index contributed by atoms with van der Waals surface area (Å²) in [6, 6.07) is 0.237. The average Bonchev–Trinajstić information content (AvgIpc) is 2.59. The van der Waals surface area contributed by atoms with Crippen LogP contribution < -0.4 is 5.73 Å². The van der Waals surface area contributed by atoms with Gasteiger partial charge in [-0.05, 0) is 39.9 Å². The van der Waals surface area contributed by atoms with Gasteiger partial charge in [0.2, 0.25) is 0 Å². The van der Waals surface area contributed by atoms with E-state index in [9.17, 15) is 0 Å². The number of nitrogens with zero attached hydrogens (tertiary/aromatic N) is 2. The largest absolute Gasteiger partial charge is 0.327 e. The van der Waals surface area contributed by atoms with Gasteiger partial charge in [-0.15, -0.1) is 11.3 Å². The third-order valence-corrected chi connectivity index (χ3v) is 4.32. The molecule has 1 unspecified atom stereocenters. The average molecular weight is 255 g/mol. The molecule has 1 aromatic heterocycles. The van der Waals surface area contributed by atoms with Gasteiger partial charge >= 0.3 is 0 Å². The Morgan fingerprint density at radius 2 is 1.94 bits per heavy atom. The molecule has 0 saturated carbocycles. The van der Waals surface area contributed by atoms with Gasteiger partial charge in [-0.3, -0.25) is 0 Å². The standard InChI is InChI=1S/C13H25N3S/c1-5-16(6-2)8-7-12(14)9-13-15-10(3)11(4)17-13/h12H,5-9,14H2,1-4H3. The molecule has 2 N–H and O–H groups in total. The van der Waals surface area contributed by atoms with Gasteiger partial charge in [-0.2, -0.15) is 0 Å². The van der Waals surface area contributed by atoms with Crippen LogP contribution in [0, 0.1) is 13.8 Å². The number of aromatic nitrogens is 1. The Hall–Kier alpha value is -0.450. The first-order valence-corrected chi connectivity index (χ1v) is 7.29. The van der Waals surface area contributed by atoms with Crippen LogP contribution in [0.25, 0.3) is 0 Å². The number of thiazole rings is 1. The van der Waals surface area contributed by atoms with E-state index < -0.39 is 0 Å². The fraction of sp³-hybridized carbons (Fsp3) is 0.769. The maximum Gasteiger partial charge on any atom is 0.0946 e. The van der Waals surface area contributed by atoms with Crippen molar-refractivity contribution in [3.8, 4) is 0 Å². The van der Waals surface area contributed by atoms with Gasteiger partial charge in [-0.1, -0.05) is 13.8 Å². The Bertz CT molecular complexity index is 312. The third-order valence-electron chi connectivity index (χ3n) is 3.22. The summed E-state index contributed by atoms with van der Waals surface area (Å²) in [5.41, 5.74) is 7.32. The number of rotatable bonds is 7. The summed E-state index contributed by atoms with van der Waals surface area (Å²) < 4.78 is 0. The molecular formula is C13H25N3S. The lowest BCUT2D eigenvalue weighted by Crippen LogP contribution is -2.31. The van der Waals surface area contributed by atoms with Crippen LogP contribution in [-0.2, 0) is 6.42 Å². The van der Waals surface area contributed by atoms with Crippen molar-refractivity contribution in [2.24, 2.45) is 5.73 Å². The molecule has 0 saturated heterocycles. The summed E-state index contributed by atoms with van der Waals surface area (Å²) in [7, 11) is 0. The lowest BCUT2D eigenvalue weighted by Gasteiger charge is -2.20. The molecule has 0 aromatic carbocycles. The minimum Gasteiger partial charge on any atom is -0.327 e. The fourth-order valence-corrected chi connectivity index (χ4v) is 2.87. The Balaban J connectivity index is 2.36. The minimum absolute atomic E-state index is 0.237. The second-order valence-electron chi connectivity index (χ2n) is 4.53. The number of nitrogens with two attached hydrogens (primary N) is 1. The monoisotopic (exact) mass is 255 g/mol. The Kier molecular flexibility index (Phi) is 6.09. The summed E-state index contributed by atoms with van der Waals surface area (Å²) in [5.74, 6) is 0. The summed E-state index contributed by atoms with van der Waals surface area (Å²) >= 11 is 1.78. The van der Waals surface area contributed by atoms with Gasteiger partial charge < -0.3 is 10.6 Å². The summed E-state index contributed by atoms with van der Waals surface area (Å²) in [4.78, 5) is 8.27. The molecule has 0 spiro atoms. The summed E-state index contributed by atoms with van der Waals surface area (Å²) in [6.45, 7) is 11.9. The highest BCUT2D eigenvalue weighted by Crippen LogP contribution is 2.18. The molecule has 0 aliphatic heterocycles. The van der Waals surface area contributed by atoms with Crippen LogP contribution in [0.2, 0.25) is 0 Å². The molecule has 1 aromatic rings. The molecule has 1 rings (SSSR count). The van der Waals surface area contributed by atoms with Crippen LogP contribution in [0.15, 0.2) is 0 Å². The summed E-state index contributed by atoms with van der Waals surface area (Å²) in [5, 5.41) is 1.19. The molecule has 4 heteroatoms. The first-order chi connectivity index (χ1) is 8.06. The van der Waals surface area contributed by atoms with Crippen molar-refractivity contribution in [1.82, 2.24) is 9.88 Å². The molecule has 1 heterocycles. The van der Waals surface area contributed by atoms with Crippen LogP contribution in [-0.4, -0.2) is 35.6 Å².